The maximum absolute atomic E-state index is 11.0. The maximum Gasteiger partial charge on any atom is 0.220 e. The van der Waals surface area contributed by atoms with Gasteiger partial charge in [-0.3, -0.25) is 4.79 Å². The molecule has 1 saturated heterocycles. The van der Waals surface area contributed by atoms with Crippen LogP contribution < -0.4 is 5.32 Å². The Morgan fingerprint density at radius 3 is 2.77 bits per heavy atom. The fourth-order valence-electron chi connectivity index (χ4n) is 1.87. The molecule has 0 saturated carbocycles. The van der Waals surface area contributed by atoms with Crippen molar-refractivity contribution in [3.05, 3.63) is 35.4 Å². The lowest BCUT2D eigenvalue weighted by Crippen LogP contribution is -2.13. The molecule has 1 aliphatic heterocycles. The molecule has 0 aromatic heterocycles. The van der Waals surface area contributed by atoms with E-state index >= 15 is 0 Å². The van der Waals surface area contributed by atoms with Gasteiger partial charge in [0.2, 0.25) is 5.91 Å². The molecular weight excluding hydrogens is 162 g/mol. The molecular formula is C11H13NO. The van der Waals surface area contributed by atoms with Crippen LogP contribution >= 0.6 is 0 Å². The summed E-state index contributed by atoms with van der Waals surface area (Å²) in [6.45, 7) is 2.89. The molecule has 0 aliphatic carbocycles. The van der Waals surface area contributed by atoms with Gasteiger partial charge in [-0.2, -0.15) is 0 Å². The van der Waals surface area contributed by atoms with Gasteiger partial charge in [-0.25, -0.2) is 0 Å². The number of hydrogen-bond donors (Lipinski definition) is 1. The normalized spacial score (nSPS) is 21.6. The summed E-state index contributed by atoms with van der Waals surface area (Å²) >= 11 is 0. The van der Waals surface area contributed by atoms with Crippen molar-refractivity contribution < 1.29 is 4.79 Å². The third-order valence-electron chi connectivity index (χ3n) is 2.61. The van der Waals surface area contributed by atoms with Gasteiger partial charge >= 0.3 is 0 Å². The Labute approximate surface area is 78.0 Å². The van der Waals surface area contributed by atoms with E-state index in [2.05, 4.69) is 24.4 Å². The zero-order valence-electron chi connectivity index (χ0n) is 7.71. The summed E-state index contributed by atoms with van der Waals surface area (Å²) in [6, 6.07) is 8.27. The molecule has 0 unspecified atom stereocenters. The molecule has 2 heteroatoms. The van der Waals surface area contributed by atoms with E-state index in [1.807, 2.05) is 12.1 Å². The van der Waals surface area contributed by atoms with E-state index in [1.54, 1.807) is 0 Å². The average molecular weight is 175 g/mol. The molecule has 1 heterocycles. The van der Waals surface area contributed by atoms with Crippen LogP contribution in [-0.4, -0.2) is 12.5 Å². The minimum Gasteiger partial charge on any atom is -0.355 e. The van der Waals surface area contributed by atoms with Crippen LogP contribution in [0.2, 0.25) is 0 Å². The van der Waals surface area contributed by atoms with Crippen molar-refractivity contribution in [2.45, 2.75) is 19.3 Å². The molecule has 1 aromatic carbocycles. The largest absolute Gasteiger partial charge is 0.355 e. The Morgan fingerprint density at radius 2 is 2.15 bits per heavy atom. The number of rotatable bonds is 1. The van der Waals surface area contributed by atoms with Crippen LogP contribution in [-0.2, 0) is 4.79 Å². The summed E-state index contributed by atoms with van der Waals surface area (Å²) in [5.41, 5.74) is 2.59. The second-order valence-corrected chi connectivity index (χ2v) is 3.56. The van der Waals surface area contributed by atoms with Crippen molar-refractivity contribution in [1.29, 1.82) is 0 Å². The van der Waals surface area contributed by atoms with Gasteiger partial charge in [0, 0.05) is 18.9 Å². The molecule has 0 spiro atoms. The molecule has 0 radical (unpaired) electrons. The van der Waals surface area contributed by atoms with Gasteiger partial charge in [0.05, 0.1) is 0 Å². The molecule has 1 aliphatic rings. The third kappa shape index (κ3) is 1.57. The standard InChI is InChI=1S/C11H13NO/c1-8-4-2-3-5-10(8)9-6-11(13)12-7-9/h2-5,9H,6-7H2,1H3,(H,12,13)/t9-/m0/s1. The summed E-state index contributed by atoms with van der Waals surface area (Å²) in [5.74, 6) is 0.557. The highest BCUT2D eigenvalue weighted by Crippen LogP contribution is 2.25. The van der Waals surface area contributed by atoms with E-state index < -0.39 is 0 Å². The quantitative estimate of drug-likeness (QED) is 0.690. The second-order valence-electron chi connectivity index (χ2n) is 3.56. The Balaban J connectivity index is 2.26. The van der Waals surface area contributed by atoms with Crippen molar-refractivity contribution >= 4 is 5.91 Å². The van der Waals surface area contributed by atoms with E-state index in [4.69, 9.17) is 0 Å². The van der Waals surface area contributed by atoms with Crippen LogP contribution in [0.3, 0.4) is 0 Å². The first-order valence-electron chi connectivity index (χ1n) is 4.59. The van der Waals surface area contributed by atoms with Crippen LogP contribution in [0.5, 0.6) is 0 Å². The number of carbonyl (C=O) groups excluding carboxylic acids is 1. The molecule has 13 heavy (non-hydrogen) atoms. The Bertz CT molecular complexity index is 333. The molecule has 1 fully saturated rings. The highest BCUT2D eigenvalue weighted by Gasteiger charge is 2.23. The van der Waals surface area contributed by atoms with E-state index in [0.717, 1.165) is 6.54 Å². The highest BCUT2D eigenvalue weighted by atomic mass is 16.1. The molecule has 1 amide bonds. The van der Waals surface area contributed by atoms with Gasteiger partial charge in [0.1, 0.15) is 0 Å². The van der Waals surface area contributed by atoms with Crippen LogP contribution in [0.15, 0.2) is 24.3 Å². The second kappa shape index (κ2) is 3.21. The van der Waals surface area contributed by atoms with E-state index in [1.165, 1.54) is 11.1 Å². The first-order chi connectivity index (χ1) is 6.27. The predicted molar refractivity (Wildman–Crippen MR) is 51.5 cm³/mol. The van der Waals surface area contributed by atoms with Gasteiger partial charge < -0.3 is 5.32 Å². The number of nitrogens with one attached hydrogen (secondary N) is 1. The van der Waals surface area contributed by atoms with Crippen LogP contribution in [0.4, 0.5) is 0 Å². The minimum atomic E-state index is 0.174. The zero-order chi connectivity index (χ0) is 9.26. The number of aryl methyl sites for hydroxylation is 1. The Hall–Kier alpha value is -1.31. The van der Waals surface area contributed by atoms with Gasteiger partial charge in [-0.05, 0) is 18.1 Å². The number of carbonyl (C=O) groups is 1. The van der Waals surface area contributed by atoms with Crippen molar-refractivity contribution in [1.82, 2.24) is 5.32 Å². The SMILES string of the molecule is Cc1ccccc1[C@@H]1CNC(=O)C1. The van der Waals surface area contributed by atoms with Crippen molar-refractivity contribution in [3.8, 4) is 0 Å². The summed E-state index contributed by atoms with van der Waals surface area (Å²) in [5, 5.41) is 2.86. The Kier molecular flexibility index (Phi) is 2.05. The summed E-state index contributed by atoms with van der Waals surface area (Å²) in [7, 11) is 0. The first-order valence-corrected chi connectivity index (χ1v) is 4.59. The molecule has 2 rings (SSSR count). The van der Waals surface area contributed by atoms with Gasteiger partial charge in [0.15, 0.2) is 0 Å². The first kappa shape index (κ1) is 8.30. The highest BCUT2D eigenvalue weighted by molar-refractivity contribution is 5.79. The average Bonchev–Trinajstić information content (AvgIpc) is 2.53. The van der Waals surface area contributed by atoms with Crippen LogP contribution in [0.25, 0.3) is 0 Å². The summed E-state index contributed by atoms with van der Waals surface area (Å²) in [6.07, 6.45) is 0.644. The van der Waals surface area contributed by atoms with Crippen LogP contribution in [0.1, 0.15) is 23.5 Å². The molecule has 0 bridgehead atoms. The van der Waals surface area contributed by atoms with Crippen molar-refractivity contribution in [2.24, 2.45) is 0 Å². The van der Waals surface area contributed by atoms with Crippen molar-refractivity contribution in [2.75, 3.05) is 6.54 Å². The van der Waals surface area contributed by atoms with E-state index in [0.29, 0.717) is 12.3 Å². The predicted octanol–water partition coefficient (Wildman–Crippen LogP) is 1.60. The summed E-state index contributed by atoms with van der Waals surface area (Å²) < 4.78 is 0. The topological polar surface area (TPSA) is 29.1 Å². The molecule has 1 atom stereocenters. The summed E-state index contributed by atoms with van der Waals surface area (Å²) in [4.78, 5) is 11.0. The number of benzene rings is 1. The lowest BCUT2D eigenvalue weighted by atomic mass is 9.94. The molecule has 68 valence electrons. The fraction of sp³-hybridized carbons (Fsp3) is 0.364. The zero-order valence-corrected chi connectivity index (χ0v) is 7.71. The fourth-order valence-corrected chi connectivity index (χ4v) is 1.87. The lowest BCUT2D eigenvalue weighted by Gasteiger charge is -2.10. The molecule has 1 aromatic rings. The molecule has 1 N–H and O–H groups in total. The number of hydrogen-bond acceptors (Lipinski definition) is 1. The number of amides is 1. The monoisotopic (exact) mass is 175 g/mol. The van der Waals surface area contributed by atoms with Crippen molar-refractivity contribution in [3.63, 3.8) is 0 Å². The van der Waals surface area contributed by atoms with Crippen LogP contribution in [0, 0.1) is 6.92 Å². The van der Waals surface area contributed by atoms with E-state index in [-0.39, 0.29) is 5.91 Å². The Morgan fingerprint density at radius 1 is 1.38 bits per heavy atom. The lowest BCUT2D eigenvalue weighted by molar-refractivity contribution is -0.119. The van der Waals surface area contributed by atoms with E-state index in [9.17, 15) is 4.79 Å². The maximum atomic E-state index is 11.0. The molecule has 2 nitrogen and oxygen atoms in total. The van der Waals surface area contributed by atoms with Gasteiger partial charge in [0.25, 0.3) is 0 Å². The smallest absolute Gasteiger partial charge is 0.220 e. The van der Waals surface area contributed by atoms with Gasteiger partial charge in [-0.15, -0.1) is 0 Å². The third-order valence-corrected chi connectivity index (χ3v) is 2.61. The minimum absolute atomic E-state index is 0.174. The van der Waals surface area contributed by atoms with Gasteiger partial charge in [-0.1, -0.05) is 24.3 Å².